The summed E-state index contributed by atoms with van der Waals surface area (Å²) < 4.78 is 5.16. The average molecular weight is 415 g/mol. The number of aryl methyl sites for hydroxylation is 1. The fourth-order valence-corrected chi connectivity index (χ4v) is 4.17. The van der Waals surface area contributed by atoms with Gasteiger partial charge in [-0.2, -0.15) is 0 Å². The number of carbonyl (C=O) groups excluding carboxylic acids is 1. The highest BCUT2D eigenvalue weighted by molar-refractivity contribution is 5.89. The molecule has 0 atom stereocenters. The summed E-state index contributed by atoms with van der Waals surface area (Å²) in [4.78, 5) is 14.5. The number of likely N-dealkylation sites (tertiary alicyclic amines) is 1. The largest absolute Gasteiger partial charge is 0.497 e. The zero-order chi connectivity index (χ0) is 21.5. The van der Waals surface area contributed by atoms with E-state index >= 15 is 0 Å². The van der Waals surface area contributed by atoms with Crippen molar-refractivity contribution in [1.82, 2.24) is 4.90 Å². The van der Waals surface area contributed by atoms with E-state index in [1.165, 1.54) is 23.1 Å². The Bertz CT molecular complexity index is 960. The molecule has 0 bridgehead atoms. The summed E-state index contributed by atoms with van der Waals surface area (Å²) in [7, 11) is 1.64. The number of carbonyl (C=O) groups is 1. The molecule has 3 aromatic carbocycles. The highest BCUT2D eigenvalue weighted by Gasteiger charge is 2.22. The van der Waals surface area contributed by atoms with Gasteiger partial charge in [0.1, 0.15) is 5.75 Å². The van der Waals surface area contributed by atoms with E-state index in [0.29, 0.717) is 5.92 Å². The first kappa shape index (κ1) is 21.0. The summed E-state index contributed by atoms with van der Waals surface area (Å²) in [5.41, 5.74) is 4.71. The van der Waals surface area contributed by atoms with E-state index in [2.05, 4.69) is 53.8 Å². The van der Waals surface area contributed by atoms with Crippen LogP contribution in [0, 0.1) is 5.92 Å². The van der Waals surface area contributed by atoms with Crippen LogP contribution in [0.4, 0.5) is 10.5 Å². The summed E-state index contributed by atoms with van der Waals surface area (Å²) in [6, 6.07) is 26.9. The third-order valence-corrected chi connectivity index (χ3v) is 6.15. The van der Waals surface area contributed by atoms with Gasteiger partial charge in [-0.3, -0.25) is 0 Å². The molecule has 1 aliphatic rings. The number of hydrogen-bond acceptors (Lipinski definition) is 2. The van der Waals surface area contributed by atoms with Crippen molar-refractivity contribution in [3.8, 4) is 16.9 Å². The summed E-state index contributed by atoms with van der Waals surface area (Å²) >= 11 is 0. The Hall–Kier alpha value is -3.27. The van der Waals surface area contributed by atoms with E-state index in [4.69, 9.17) is 4.74 Å². The molecule has 0 unspecified atom stereocenters. The van der Waals surface area contributed by atoms with Crippen molar-refractivity contribution in [3.05, 3.63) is 84.4 Å². The molecule has 1 heterocycles. The molecule has 1 saturated heterocycles. The molecule has 0 aliphatic carbocycles. The van der Waals surface area contributed by atoms with Crippen LogP contribution in [0.2, 0.25) is 0 Å². The van der Waals surface area contributed by atoms with Crippen LogP contribution < -0.4 is 10.1 Å². The van der Waals surface area contributed by atoms with Gasteiger partial charge in [0.15, 0.2) is 0 Å². The number of hydrogen-bond donors (Lipinski definition) is 1. The molecule has 4 nitrogen and oxygen atoms in total. The van der Waals surface area contributed by atoms with Gasteiger partial charge in [0.2, 0.25) is 0 Å². The minimum atomic E-state index is -0.0138. The molecule has 4 heteroatoms. The van der Waals surface area contributed by atoms with Gasteiger partial charge in [0.25, 0.3) is 0 Å². The monoisotopic (exact) mass is 414 g/mol. The van der Waals surface area contributed by atoms with Gasteiger partial charge >= 0.3 is 6.03 Å². The number of nitrogens with zero attached hydrogens (tertiary/aromatic N) is 1. The van der Waals surface area contributed by atoms with Crippen LogP contribution in [0.15, 0.2) is 78.9 Å². The van der Waals surface area contributed by atoms with Gasteiger partial charge in [-0.1, -0.05) is 54.6 Å². The first-order valence-electron chi connectivity index (χ1n) is 11.1. The Balaban J connectivity index is 1.21. The van der Waals surface area contributed by atoms with E-state index in [0.717, 1.165) is 43.8 Å². The van der Waals surface area contributed by atoms with Crippen LogP contribution in [-0.2, 0) is 6.42 Å². The lowest BCUT2D eigenvalue weighted by Crippen LogP contribution is -2.41. The van der Waals surface area contributed by atoms with Crippen LogP contribution in [-0.4, -0.2) is 31.1 Å². The van der Waals surface area contributed by atoms with Crippen LogP contribution in [0.3, 0.4) is 0 Å². The fourth-order valence-electron chi connectivity index (χ4n) is 4.17. The molecule has 0 radical (unpaired) electrons. The summed E-state index contributed by atoms with van der Waals surface area (Å²) in [5, 5.41) is 2.99. The number of amides is 2. The molecule has 160 valence electrons. The molecular formula is C27H30N2O2. The Labute approximate surface area is 184 Å². The average Bonchev–Trinajstić information content (AvgIpc) is 2.84. The Kier molecular flexibility index (Phi) is 6.88. The van der Waals surface area contributed by atoms with Crippen molar-refractivity contribution < 1.29 is 9.53 Å². The van der Waals surface area contributed by atoms with E-state index in [1.54, 1.807) is 7.11 Å². The molecule has 0 aromatic heterocycles. The van der Waals surface area contributed by atoms with Gasteiger partial charge in [0, 0.05) is 18.8 Å². The lowest BCUT2D eigenvalue weighted by molar-refractivity contribution is 0.180. The number of benzene rings is 3. The third kappa shape index (κ3) is 5.66. The highest BCUT2D eigenvalue weighted by atomic mass is 16.5. The van der Waals surface area contributed by atoms with Gasteiger partial charge in [0.05, 0.1) is 7.11 Å². The number of rotatable bonds is 6. The Morgan fingerprint density at radius 1 is 0.903 bits per heavy atom. The van der Waals surface area contributed by atoms with E-state index < -0.39 is 0 Å². The first-order chi connectivity index (χ1) is 15.2. The molecule has 4 rings (SSSR count). The summed E-state index contributed by atoms with van der Waals surface area (Å²) in [6.45, 7) is 1.64. The lowest BCUT2D eigenvalue weighted by Gasteiger charge is -2.32. The van der Waals surface area contributed by atoms with E-state index in [-0.39, 0.29) is 6.03 Å². The lowest BCUT2D eigenvalue weighted by atomic mass is 9.90. The maximum Gasteiger partial charge on any atom is 0.321 e. The van der Waals surface area contributed by atoms with Crippen molar-refractivity contribution in [2.75, 3.05) is 25.5 Å². The van der Waals surface area contributed by atoms with Crippen molar-refractivity contribution in [2.24, 2.45) is 5.92 Å². The second kappa shape index (κ2) is 10.2. The number of ether oxygens (including phenoxy) is 1. The van der Waals surface area contributed by atoms with Crippen LogP contribution >= 0.6 is 0 Å². The molecule has 31 heavy (non-hydrogen) atoms. The molecule has 3 aromatic rings. The number of piperidine rings is 1. The zero-order valence-corrected chi connectivity index (χ0v) is 18.1. The van der Waals surface area contributed by atoms with Crippen molar-refractivity contribution >= 4 is 11.7 Å². The van der Waals surface area contributed by atoms with Crippen LogP contribution in [0.25, 0.3) is 11.1 Å². The maximum absolute atomic E-state index is 12.5. The normalized spacial score (nSPS) is 14.3. The summed E-state index contributed by atoms with van der Waals surface area (Å²) in [5.74, 6) is 1.47. The minimum absolute atomic E-state index is 0.0138. The Morgan fingerprint density at radius 3 is 2.19 bits per heavy atom. The molecule has 0 saturated carbocycles. The fraction of sp³-hybridized carbons (Fsp3) is 0.296. The molecule has 1 aliphatic heterocycles. The number of anilines is 1. The van der Waals surface area contributed by atoms with E-state index in [1.807, 2.05) is 35.2 Å². The quantitative estimate of drug-likeness (QED) is 0.519. The predicted octanol–water partition coefficient (Wildman–Crippen LogP) is 6.24. The van der Waals surface area contributed by atoms with Crippen molar-refractivity contribution in [3.63, 3.8) is 0 Å². The van der Waals surface area contributed by atoms with Crippen molar-refractivity contribution in [2.45, 2.75) is 25.7 Å². The molecule has 1 N–H and O–H groups in total. The minimum Gasteiger partial charge on any atom is -0.497 e. The second-order valence-electron chi connectivity index (χ2n) is 8.19. The van der Waals surface area contributed by atoms with Crippen molar-refractivity contribution in [1.29, 1.82) is 0 Å². The number of methoxy groups -OCH3 is 1. The smallest absolute Gasteiger partial charge is 0.321 e. The van der Waals surface area contributed by atoms with Crippen LogP contribution in [0.1, 0.15) is 24.8 Å². The second-order valence-corrected chi connectivity index (χ2v) is 8.19. The highest BCUT2D eigenvalue weighted by Crippen LogP contribution is 2.25. The SMILES string of the molecule is COc1ccc(NC(=O)N2CCC(CCc3ccc(-c4ccccc4)cc3)CC2)cc1. The van der Waals surface area contributed by atoms with Gasteiger partial charge in [-0.05, 0) is 72.6 Å². The Morgan fingerprint density at radius 2 is 1.55 bits per heavy atom. The summed E-state index contributed by atoms with van der Waals surface area (Å²) in [6.07, 6.45) is 4.41. The third-order valence-electron chi connectivity index (χ3n) is 6.15. The maximum atomic E-state index is 12.5. The number of urea groups is 1. The topological polar surface area (TPSA) is 41.6 Å². The number of nitrogens with one attached hydrogen (secondary N) is 1. The molecular weight excluding hydrogens is 384 g/mol. The molecule has 1 fully saturated rings. The zero-order valence-electron chi connectivity index (χ0n) is 18.1. The van der Waals surface area contributed by atoms with E-state index in [9.17, 15) is 4.79 Å². The molecule has 2 amide bonds. The standard InChI is InChI=1S/C27H30N2O2/c1-31-26-15-13-25(14-16-26)28-27(30)29-19-17-22(18-20-29)8-7-21-9-11-24(12-10-21)23-5-3-2-4-6-23/h2-6,9-16,22H,7-8,17-20H2,1H3,(H,28,30). The van der Waals surface area contributed by atoms with Crippen LogP contribution in [0.5, 0.6) is 5.75 Å². The van der Waals surface area contributed by atoms with Gasteiger partial charge in [-0.25, -0.2) is 4.79 Å². The van der Waals surface area contributed by atoms with Gasteiger partial charge < -0.3 is 15.0 Å². The van der Waals surface area contributed by atoms with Gasteiger partial charge in [-0.15, -0.1) is 0 Å². The predicted molar refractivity (Wildman–Crippen MR) is 127 cm³/mol. The first-order valence-corrected chi connectivity index (χ1v) is 11.1. The molecule has 0 spiro atoms.